The minimum atomic E-state index is -0.238. The van der Waals surface area contributed by atoms with Crippen LogP contribution in [-0.2, 0) is 6.61 Å². The fourth-order valence-electron chi connectivity index (χ4n) is 2.61. The molecule has 0 unspecified atom stereocenters. The van der Waals surface area contributed by atoms with Crippen molar-refractivity contribution >= 4 is 33.8 Å². The molecule has 27 heavy (non-hydrogen) atoms. The summed E-state index contributed by atoms with van der Waals surface area (Å²) in [5, 5.41) is 12.6. The van der Waals surface area contributed by atoms with E-state index in [1.807, 2.05) is 23.6 Å². The number of benzene rings is 2. The summed E-state index contributed by atoms with van der Waals surface area (Å²) in [7, 11) is 1.54. The van der Waals surface area contributed by atoms with E-state index in [2.05, 4.69) is 20.5 Å². The van der Waals surface area contributed by atoms with Crippen molar-refractivity contribution in [2.45, 2.75) is 6.61 Å². The number of carbonyl (C=O) groups excluding carboxylic acids is 1. The summed E-state index contributed by atoms with van der Waals surface area (Å²) in [5.41, 5.74) is 4.61. The normalized spacial score (nSPS) is 10.7. The number of carbonyl (C=O) groups is 1. The zero-order valence-electron chi connectivity index (χ0n) is 14.4. The highest BCUT2D eigenvalue weighted by atomic mass is 32.1. The molecule has 0 saturated heterocycles. The number of amides is 1. The Kier molecular flexibility index (Phi) is 4.71. The number of nitrogens with zero attached hydrogens (tertiary/aromatic N) is 2. The Hall–Kier alpha value is -3.39. The number of nitrogens with one attached hydrogen (secondary N) is 2. The highest BCUT2D eigenvalue weighted by Gasteiger charge is 2.12. The number of rotatable bonds is 6. The smallest absolute Gasteiger partial charge is 0.255 e. The standard InChI is InChI=1S/C19H16N4O3S/c1-25-18-6-12(3-5-17(18)26-9-15-10-27-11-20-15)19(24)22-14-4-2-13-8-21-23-16(13)7-14/h2-8,10-11H,9H2,1H3,(H,21,23)(H,22,24). The Morgan fingerprint density at radius 1 is 1.22 bits per heavy atom. The molecule has 0 spiro atoms. The zero-order chi connectivity index (χ0) is 18.6. The lowest BCUT2D eigenvalue weighted by atomic mass is 10.1. The van der Waals surface area contributed by atoms with Crippen molar-refractivity contribution in [1.29, 1.82) is 0 Å². The van der Waals surface area contributed by atoms with E-state index in [-0.39, 0.29) is 5.91 Å². The maximum absolute atomic E-state index is 12.6. The average molecular weight is 380 g/mol. The van der Waals surface area contributed by atoms with Gasteiger partial charge in [-0.3, -0.25) is 9.89 Å². The second-order valence-electron chi connectivity index (χ2n) is 5.76. The van der Waals surface area contributed by atoms with Crippen LogP contribution < -0.4 is 14.8 Å². The number of fused-ring (bicyclic) bond motifs is 1. The Labute approximate surface area is 159 Å². The Bertz CT molecular complexity index is 1080. The highest BCUT2D eigenvalue weighted by Crippen LogP contribution is 2.29. The van der Waals surface area contributed by atoms with Gasteiger partial charge in [-0.15, -0.1) is 11.3 Å². The van der Waals surface area contributed by atoms with Crippen molar-refractivity contribution in [3.63, 3.8) is 0 Å². The van der Waals surface area contributed by atoms with Crippen LogP contribution in [0.2, 0.25) is 0 Å². The second-order valence-corrected chi connectivity index (χ2v) is 6.48. The predicted molar refractivity (Wildman–Crippen MR) is 103 cm³/mol. The topological polar surface area (TPSA) is 89.1 Å². The quantitative estimate of drug-likeness (QED) is 0.530. The lowest BCUT2D eigenvalue weighted by molar-refractivity contribution is 0.102. The summed E-state index contributed by atoms with van der Waals surface area (Å²) >= 11 is 1.51. The molecule has 136 valence electrons. The molecule has 2 N–H and O–H groups in total. The van der Waals surface area contributed by atoms with Crippen LogP contribution in [0.5, 0.6) is 11.5 Å². The van der Waals surface area contributed by atoms with E-state index in [9.17, 15) is 4.79 Å². The van der Waals surface area contributed by atoms with E-state index in [1.54, 1.807) is 37.0 Å². The Balaban J connectivity index is 1.49. The third-order valence-electron chi connectivity index (χ3n) is 3.98. The van der Waals surface area contributed by atoms with Gasteiger partial charge in [-0.25, -0.2) is 4.98 Å². The Morgan fingerprint density at radius 2 is 2.15 bits per heavy atom. The van der Waals surface area contributed by atoms with E-state index in [1.165, 1.54) is 11.3 Å². The molecular formula is C19H16N4O3S. The minimum absolute atomic E-state index is 0.238. The van der Waals surface area contributed by atoms with Gasteiger partial charge >= 0.3 is 0 Å². The summed E-state index contributed by atoms with van der Waals surface area (Å²) in [6, 6.07) is 10.6. The van der Waals surface area contributed by atoms with E-state index < -0.39 is 0 Å². The van der Waals surface area contributed by atoms with Crippen LogP contribution in [0.1, 0.15) is 16.1 Å². The molecule has 0 aliphatic rings. The van der Waals surface area contributed by atoms with Gasteiger partial charge in [0.25, 0.3) is 5.91 Å². The van der Waals surface area contributed by atoms with E-state index >= 15 is 0 Å². The molecule has 0 atom stereocenters. The van der Waals surface area contributed by atoms with Gasteiger partial charge in [0, 0.05) is 22.0 Å². The fourth-order valence-corrected chi connectivity index (χ4v) is 3.15. The van der Waals surface area contributed by atoms with Gasteiger partial charge in [-0.2, -0.15) is 5.10 Å². The third kappa shape index (κ3) is 3.75. The molecule has 0 radical (unpaired) electrons. The fraction of sp³-hybridized carbons (Fsp3) is 0.105. The van der Waals surface area contributed by atoms with E-state index in [4.69, 9.17) is 9.47 Å². The minimum Gasteiger partial charge on any atom is -0.493 e. The molecule has 4 rings (SSSR count). The molecule has 4 aromatic rings. The molecule has 2 aromatic carbocycles. The molecule has 2 heterocycles. The molecule has 0 fully saturated rings. The summed E-state index contributed by atoms with van der Waals surface area (Å²) in [6.07, 6.45) is 1.73. The van der Waals surface area contributed by atoms with Gasteiger partial charge in [-0.05, 0) is 36.4 Å². The van der Waals surface area contributed by atoms with Gasteiger partial charge in [0.05, 0.1) is 30.0 Å². The number of methoxy groups -OCH3 is 1. The zero-order valence-corrected chi connectivity index (χ0v) is 15.2. The molecule has 0 aliphatic heterocycles. The van der Waals surface area contributed by atoms with Gasteiger partial charge in [0.15, 0.2) is 11.5 Å². The van der Waals surface area contributed by atoms with Crippen molar-refractivity contribution in [2.75, 3.05) is 12.4 Å². The van der Waals surface area contributed by atoms with Crippen molar-refractivity contribution in [1.82, 2.24) is 15.2 Å². The lowest BCUT2D eigenvalue weighted by Crippen LogP contribution is -2.12. The maximum atomic E-state index is 12.6. The van der Waals surface area contributed by atoms with Crippen LogP contribution in [0.3, 0.4) is 0 Å². The largest absolute Gasteiger partial charge is 0.493 e. The molecule has 2 aromatic heterocycles. The van der Waals surface area contributed by atoms with Crippen LogP contribution in [0, 0.1) is 0 Å². The SMILES string of the molecule is COc1cc(C(=O)Nc2ccc3cn[nH]c3c2)ccc1OCc1cscn1. The second kappa shape index (κ2) is 7.46. The number of anilines is 1. The van der Waals surface area contributed by atoms with Crippen molar-refractivity contribution < 1.29 is 14.3 Å². The monoisotopic (exact) mass is 380 g/mol. The van der Waals surface area contributed by atoms with Gasteiger partial charge < -0.3 is 14.8 Å². The number of ether oxygens (including phenoxy) is 2. The summed E-state index contributed by atoms with van der Waals surface area (Å²) < 4.78 is 11.1. The molecular weight excluding hydrogens is 364 g/mol. The molecule has 0 aliphatic carbocycles. The molecule has 0 saturated carbocycles. The van der Waals surface area contributed by atoms with E-state index in [0.29, 0.717) is 29.4 Å². The van der Waals surface area contributed by atoms with Gasteiger partial charge in [-0.1, -0.05) is 0 Å². The third-order valence-corrected chi connectivity index (χ3v) is 4.62. The number of hydrogen-bond acceptors (Lipinski definition) is 6. The Morgan fingerprint density at radius 3 is 2.96 bits per heavy atom. The van der Waals surface area contributed by atoms with Crippen molar-refractivity contribution in [3.05, 3.63) is 64.7 Å². The van der Waals surface area contributed by atoms with E-state index in [0.717, 1.165) is 16.6 Å². The highest BCUT2D eigenvalue weighted by molar-refractivity contribution is 7.07. The number of hydrogen-bond donors (Lipinski definition) is 2. The lowest BCUT2D eigenvalue weighted by Gasteiger charge is -2.12. The summed E-state index contributed by atoms with van der Waals surface area (Å²) in [6.45, 7) is 0.343. The van der Waals surface area contributed by atoms with Crippen LogP contribution in [-0.4, -0.2) is 28.2 Å². The number of thiazole rings is 1. The van der Waals surface area contributed by atoms with Crippen LogP contribution in [0.25, 0.3) is 10.9 Å². The summed E-state index contributed by atoms with van der Waals surface area (Å²) in [4.78, 5) is 16.7. The van der Waals surface area contributed by atoms with Crippen LogP contribution in [0.15, 0.2) is 53.5 Å². The van der Waals surface area contributed by atoms with Crippen LogP contribution >= 0.6 is 11.3 Å². The number of aromatic amines is 1. The first kappa shape index (κ1) is 17.0. The first-order chi connectivity index (χ1) is 13.2. The average Bonchev–Trinajstić information content (AvgIpc) is 3.37. The molecule has 8 heteroatoms. The molecule has 7 nitrogen and oxygen atoms in total. The first-order valence-electron chi connectivity index (χ1n) is 8.15. The summed E-state index contributed by atoms with van der Waals surface area (Å²) in [5.74, 6) is 0.807. The molecule has 1 amide bonds. The van der Waals surface area contributed by atoms with Crippen molar-refractivity contribution in [3.8, 4) is 11.5 Å². The maximum Gasteiger partial charge on any atom is 0.255 e. The van der Waals surface area contributed by atoms with Crippen molar-refractivity contribution in [2.24, 2.45) is 0 Å². The molecule has 0 bridgehead atoms. The van der Waals surface area contributed by atoms with Crippen LogP contribution in [0.4, 0.5) is 5.69 Å². The van der Waals surface area contributed by atoms with Gasteiger partial charge in [0.1, 0.15) is 6.61 Å². The first-order valence-corrected chi connectivity index (χ1v) is 9.09. The number of H-pyrrole nitrogens is 1. The number of aromatic nitrogens is 3. The van der Waals surface area contributed by atoms with Gasteiger partial charge in [0.2, 0.25) is 0 Å². The predicted octanol–water partition coefficient (Wildman–Crippen LogP) is 3.86.